The van der Waals surface area contributed by atoms with Crippen molar-refractivity contribution in [1.29, 1.82) is 0 Å². The van der Waals surface area contributed by atoms with Crippen LogP contribution in [0.2, 0.25) is 0 Å². The lowest BCUT2D eigenvalue weighted by atomic mass is 9.83. The number of carbonyl (C=O) groups excluding carboxylic acids is 3. The highest BCUT2D eigenvalue weighted by atomic mass is 16.7. The van der Waals surface area contributed by atoms with Crippen molar-refractivity contribution in [2.75, 3.05) is 26.8 Å². The van der Waals surface area contributed by atoms with E-state index < -0.39 is 103 Å². The lowest BCUT2D eigenvalue weighted by molar-refractivity contribution is -0.230. The number of aliphatic hydroxyl groups excluding tert-OH is 3. The van der Waals surface area contributed by atoms with Crippen LogP contribution >= 0.6 is 0 Å². The summed E-state index contributed by atoms with van der Waals surface area (Å²) in [6.07, 6.45) is -6.59. The molecule has 0 spiro atoms. The van der Waals surface area contributed by atoms with Gasteiger partial charge in [-0.3, -0.25) is 4.79 Å². The molecule has 1 aromatic carbocycles. The number of rotatable bonds is 14. The number of carbonyl (C=O) groups is 3. The quantitative estimate of drug-likeness (QED) is 0.125. The highest BCUT2D eigenvalue weighted by molar-refractivity contribution is 5.94. The first-order valence-electron chi connectivity index (χ1n) is 17.7. The zero-order chi connectivity index (χ0) is 39.7. The second-order valence-corrected chi connectivity index (χ2v) is 15.5. The number of benzene rings is 1. The molecule has 17 heteroatoms. The van der Waals surface area contributed by atoms with E-state index in [-0.39, 0.29) is 19.4 Å². The molecule has 10 atom stereocenters. The van der Waals surface area contributed by atoms with Crippen LogP contribution < -0.4 is 27.0 Å². The molecule has 3 amide bonds. The Hall–Kier alpha value is -3.55. The Morgan fingerprint density at radius 3 is 2.02 bits per heavy atom. The van der Waals surface area contributed by atoms with E-state index >= 15 is 0 Å². The fraction of sp³-hybridized carbons (Fsp3) is 0.694. The zero-order valence-corrected chi connectivity index (χ0v) is 31.8. The lowest BCUT2D eigenvalue weighted by Gasteiger charge is -2.47. The third-order valence-electron chi connectivity index (χ3n) is 8.56. The van der Waals surface area contributed by atoms with Crippen LogP contribution in [0.5, 0.6) is 0 Å². The fourth-order valence-electron chi connectivity index (χ4n) is 6.14. The summed E-state index contributed by atoms with van der Waals surface area (Å²) >= 11 is 0. The van der Waals surface area contributed by atoms with Gasteiger partial charge >= 0.3 is 12.2 Å². The first-order valence-corrected chi connectivity index (χ1v) is 17.7. The minimum atomic E-state index is -1.75. The van der Waals surface area contributed by atoms with Crippen molar-refractivity contribution in [3.63, 3.8) is 0 Å². The Balaban J connectivity index is 2.02. The average molecular weight is 754 g/mol. The molecule has 10 N–H and O–H groups in total. The molecule has 300 valence electrons. The van der Waals surface area contributed by atoms with Crippen molar-refractivity contribution >= 4 is 18.1 Å². The van der Waals surface area contributed by atoms with E-state index in [0.29, 0.717) is 11.3 Å². The van der Waals surface area contributed by atoms with E-state index in [0.717, 1.165) is 0 Å². The molecule has 1 fully saturated rings. The number of alkyl carbamates (subject to hydrolysis) is 2. The SMILES string of the molecule is CN[C@H]([C@@H](O)CO[C@@H]1[C@@H](O)[C@H](O[C@H]2OC(CN)=CC[C@H]2NC(=O)OC(C)(C)C)[C@@H](NC(=O)OC(C)(C)C)C[C@H]1NC(=O)c1ccccc1)[C@@](C)(O)CO. The Labute approximate surface area is 310 Å². The monoisotopic (exact) mass is 753 g/mol. The van der Waals surface area contributed by atoms with E-state index in [4.69, 9.17) is 29.4 Å². The largest absolute Gasteiger partial charge is 0.466 e. The van der Waals surface area contributed by atoms with Crippen molar-refractivity contribution in [2.24, 2.45) is 5.73 Å². The molecule has 3 rings (SSSR count). The molecule has 17 nitrogen and oxygen atoms in total. The van der Waals surface area contributed by atoms with Crippen LogP contribution in [0, 0.1) is 0 Å². The maximum absolute atomic E-state index is 13.5. The van der Waals surface area contributed by atoms with E-state index in [1.54, 1.807) is 78.0 Å². The first kappa shape index (κ1) is 43.9. The van der Waals surface area contributed by atoms with Gasteiger partial charge in [-0.1, -0.05) is 18.2 Å². The van der Waals surface area contributed by atoms with Crippen LogP contribution in [0.15, 0.2) is 42.2 Å². The third-order valence-corrected chi connectivity index (χ3v) is 8.56. The highest BCUT2D eigenvalue weighted by Gasteiger charge is 2.50. The lowest BCUT2D eigenvalue weighted by Crippen LogP contribution is -2.67. The van der Waals surface area contributed by atoms with Gasteiger partial charge in [-0.25, -0.2) is 9.59 Å². The summed E-state index contributed by atoms with van der Waals surface area (Å²) in [5, 5.41) is 54.8. The van der Waals surface area contributed by atoms with Crippen LogP contribution in [0.1, 0.15) is 71.7 Å². The molecule has 2 aliphatic rings. The number of nitrogens with two attached hydrogens (primary N) is 1. The van der Waals surface area contributed by atoms with E-state index in [1.807, 2.05) is 0 Å². The summed E-state index contributed by atoms with van der Waals surface area (Å²) in [4.78, 5) is 39.5. The normalized spacial score (nSPS) is 27.2. The number of hydrogen-bond acceptors (Lipinski definition) is 14. The summed E-state index contributed by atoms with van der Waals surface area (Å²) in [6, 6.07) is 4.42. The van der Waals surface area contributed by atoms with Gasteiger partial charge in [0.25, 0.3) is 5.91 Å². The summed E-state index contributed by atoms with van der Waals surface area (Å²) < 4.78 is 29.5. The predicted molar refractivity (Wildman–Crippen MR) is 192 cm³/mol. The van der Waals surface area contributed by atoms with Crippen LogP contribution in [0.4, 0.5) is 9.59 Å². The number of nitrogens with one attached hydrogen (secondary N) is 4. The Morgan fingerprint density at radius 1 is 0.925 bits per heavy atom. The molecule has 53 heavy (non-hydrogen) atoms. The first-order chi connectivity index (χ1) is 24.7. The topological polar surface area (TPSA) is 252 Å². The molecule has 1 heterocycles. The van der Waals surface area contributed by atoms with E-state index in [2.05, 4.69) is 21.3 Å². The van der Waals surface area contributed by atoms with Crippen molar-refractivity contribution in [2.45, 2.75) is 133 Å². The molecule has 1 saturated carbocycles. The van der Waals surface area contributed by atoms with Crippen molar-refractivity contribution in [3.05, 3.63) is 47.7 Å². The molecule has 0 bridgehead atoms. The summed E-state index contributed by atoms with van der Waals surface area (Å²) in [6.45, 7) is 10.4. The smallest absolute Gasteiger partial charge is 0.408 e. The van der Waals surface area contributed by atoms with Gasteiger partial charge in [0.2, 0.25) is 6.29 Å². The summed E-state index contributed by atoms with van der Waals surface area (Å²) in [5.41, 5.74) is 2.76. The number of aliphatic hydroxyl groups is 4. The van der Waals surface area contributed by atoms with Crippen LogP contribution in [0.3, 0.4) is 0 Å². The number of hydrogen-bond donors (Lipinski definition) is 9. The number of ether oxygens (including phenoxy) is 5. The molecular formula is C36H59N5O12. The van der Waals surface area contributed by atoms with Crippen LogP contribution in [0.25, 0.3) is 0 Å². The van der Waals surface area contributed by atoms with Crippen molar-refractivity contribution < 1.29 is 58.5 Å². The van der Waals surface area contributed by atoms with Crippen molar-refractivity contribution in [3.8, 4) is 0 Å². The maximum Gasteiger partial charge on any atom is 0.408 e. The molecule has 0 aromatic heterocycles. The number of likely N-dealkylation sites (N-methyl/N-ethyl adjacent to an activating group) is 1. The molecule has 1 aliphatic heterocycles. The van der Waals surface area contributed by atoms with Gasteiger partial charge < -0.3 is 71.1 Å². The van der Waals surface area contributed by atoms with Gasteiger partial charge in [0.15, 0.2) is 0 Å². The summed E-state index contributed by atoms with van der Waals surface area (Å²) in [5.74, 6) is -0.143. The van der Waals surface area contributed by atoms with E-state index in [1.165, 1.54) is 14.0 Å². The highest BCUT2D eigenvalue weighted by Crippen LogP contribution is 2.31. The second kappa shape index (κ2) is 18.7. The maximum atomic E-state index is 13.5. The minimum Gasteiger partial charge on any atom is -0.466 e. The fourth-order valence-corrected chi connectivity index (χ4v) is 6.14. The molecular weight excluding hydrogens is 694 g/mol. The molecule has 0 radical (unpaired) electrons. The van der Waals surface area contributed by atoms with Gasteiger partial charge in [-0.2, -0.15) is 0 Å². The molecule has 0 unspecified atom stereocenters. The zero-order valence-electron chi connectivity index (χ0n) is 31.8. The molecule has 1 aromatic rings. The average Bonchev–Trinajstić information content (AvgIpc) is 3.05. The standard InChI is InChI=1S/C36H59N5O12/c1-34(2,3)52-32(46)40-22-15-14-21(17-37)50-31(22)51-28-24(41-33(47)53-35(4,5)6)16-23(39-30(45)20-12-10-9-11-13-20)27(26(28)44)49-18-25(43)29(38-8)36(7,48)19-42/h9-14,22-29,31,38,42-44,48H,15-19,37H2,1-8H3,(H,39,45)(H,40,46)(H,41,47)/t22-,23-,24+,25+,26-,27+,28-,29-,31-,36+/m1/s1. The Kier molecular flexibility index (Phi) is 15.4. The van der Waals surface area contributed by atoms with Crippen molar-refractivity contribution in [1.82, 2.24) is 21.3 Å². The van der Waals surface area contributed by atoms with Gasteiger partial charge in [0.05, 0.1) is 50.0 Å². The van der Waals surface area contributed by atoms with Gasteiger partial charge in [0.1, 0.15) is 40.9 Å². The van der Waals surface area contributed by atoms with E-state index in [9.17, 15) is 34.8 Å². The van der Waals surface area contributed by atoms with Gasteiger partial charge in [0, 0.05) is 5.56 Å². The second-order valence-electron chi connectivity index (χ2n) is 15.5. The van der Waals surface area contributed by atoms with Gasteiger partial charge in [-0.05, 0) is 86.6 Å². The minimum absolute atomic E-state index is 0.00723. The number of amides is 3. The van der Waals surface area contributed by atoms with Gasteiger partial charge in [-0.15, -0.1) is 0 Å². The predicted octanol–water partition coefficient (Wildman–Crippen LogP) is 0.388. The molecule has 0 saturated heterocycles. The summed E-state index contributed by atoms with van der Waals surface area (Å²) in [7, 11) is 1.49. The van der Waals surface area contributed by atoms with Crippen LogP contribution in [-0.4, -0.2) is 137 Å². The van der Waals surface area contributed by atoms with Crippen LogP contribution in [-0.2, 0) is 23.7 Å². The Morgan fingerprint density at radius 2 is 1.49 bits per heavy atom. The third kappa shape index (κ3) is 13.1. The molecule has 1 aliphatic carbocycles. The Bertz CT molecular complexity index is 1380.